The van der Waals surface area contributed by atoms with E-state index in [1.807, 2.05) is 39.8 Å². The van der Waals surface area contributed by atoms with E-state index >= 15 is 0 Å². The van der Waals surface area contributed by atoms with Gasteiger partial charge in [-0.3, -0.25) is 29.0 Å². The summed E-state index contributed by atoms with van der Waals surface area (Å²) in [7, 11) is 1.56. The van der Waals surface area contributed by atoms with E-state index in [0.29, 0.717) is 56.3 Å². The number of amides is 4. The first kappa shape index (κ1) is 25.9. The predicted molar refractivity (Wildman–Crippen MR) is 162 cm³/mol. The van der Waals surface area contributed by atoms with Crippen LogP contribution in [-0.2, 0) is 0 Å². The Kier molecular flexibility index (Phi) is 5.51. The molecule has 4 amide bonds. The molecule has 0 radical (unpaired) electrons. The third-order valence-corrected chi connectivity index (χ3v) is 8.86. The van der Waals surface area contributed by atoms with E-state index in [0.717, 1.165) is 32.3 Å². The Morgan fingerprint density at radius 2 is 1.05 bits per heavy atom. The molecule has 41 heavy (non-hydrogen) atoms. The molecule has 0 aromatic heterocycles. The molecule has 0 N–H and O–H groups in total. The van der Waals surface area contributed by atoms with E-state index in [9.17, 15) is 19.2 Å². The molecule has 7 rings (SSSR count). The molecule has 0 spiro atoms. The van der Waals surface area contributed by atoms with Gasteiger partial charge in [-0.2, -0.15) is 0 Å². The first-order valence-electron chi connectivity index (χ1n) is 13.7. The lowest BCUT2D eigenvalue weighted by Crippen LogP contribution is -2.42. The fourth-order valence-corrected chi connectivity index (χ4v) is 7.34. The summed E-state index contributed by atoms with van der Waals surface area (Å²) in [6, 6.07) is 10.9. The van der Waals surface area contributed by atoms with Crippen LogP contribution in [0.1, 0.15) is 69.1 Å². The van der Waals surface area contributed by atoms with Crippen LogP contribution in [0.5, 0.6) is 5.75 Å². The summed E-state index contributed by atoms with van der Waals surface area (Å²) in [4.78, 5) is 57.3. The zero-order chi connectivity index (χ0) is 29.1. The number of halogens is 1. The van der Waals surface area contributed by atoms with E-state index in [1.54, 1.807) is 31.4 Å². The number of hydrogen-bond donors (Lipinski definition) is 0. The van der Waals surface area contributed by atoms with Crippen LogP contribution in [0.4, 0.5) is 0 Å². The second-order valence-corrected chi connectivity index (χ2v) is 12.7. The number of methoxy groups -OCH3 is 1. The number of fused-ring (bicyclic) bond motifs is 2. The van der Waals surface area contributed by atoms with Crippen molar-refractivity contribution >= 4 is 82.6 Å². The number of hydrogen-bond acceptors (Lipinski definition) is 5. The van der Waals surface area contributed by atoms with Crippen LogP contribution in [0.15, 0.2) is 40.9 Å². The number of benzene rings is 5. The fourth-order valence-electron chi connectivity index (χ4n) is 6.70. The van der Waals surface area contributed by atoms with Gasteiger partial charge in [-0.1, -0.05) is 55.8 Å². The maximum atomic E-state index is 13.7. The van der Waals surface area contributed by atoms with Gasteiger partial charge in [0, 0.05) is 66.6 Å². The maximum Gasteiger partial charge on any atom is 0.261 e. The molecule has 0 bridgehead atoms. The standard InChI is InChI=1S/C33H27BrN2O5/c1-14(2)12-35-30(37)18-9-7-17-27-23(41-5)11-21-25-19(31(38)36(33(21)40)13-15(3)4)8-6-16(29(25)27)26-22(34)10-20(32(35)39)24(18)28(17)26/h6-11,14-15H,12-13H2,1-5H3. The van der Waals surface area contributed by atoms with Crippen molar-refractivity contribution in [1.29, 1.82) is 0 Å². The topological polar surface area (TPSA) is 84.0 Å². The minimum Gasteiger partial charge on any atom is -0.496 e. The van der Waals surface area contributed by atoms with Crippen LogP contribution in [-0.4, -0.2) is 53.6 Å². The Labute approximate surface area is 244 Å². The first-order chi connectivity index (χ1) is 19.5. The number of nitrogens with zero attached hydrogens (tertiary/aromatic N) is 2. The van der Waals surface area contributed by atoms with Crippen LogP contribution in [0, 0.1) is 11.8 Å². The minimum atomic E-state index is -0.338. The molecule has 0 saturated carbocycles. The van der Waals surface area contributed by atoms with Gasteiger partial charge < -0.3 is 4.74 Å². The normalized spacial score (nSPS) is 15.3. The zero-order valence-electron chi connectivity index (χ0n) is 23.3. The first-order valence-corrected chi connectivity index (χ1v) is 14.5. The monoisotopic (exact) mass is 610 g/mol. The highest BCUT2D eigenvalue weighted by atomic mass is 79.9. The molecule has 2 aliphatic rings. The molecular weight excluding hydrogens is 584 g/mol. The van der Waals surface area contributed by atoms with Crippen LogP contribution in [0.2, 0.25) is 0 Å². The Bertz CT molecular complexity index is 2040. The van der Waals surface area contributed by atoms with E-state index in [1.165, 1.54) is 9.80 Å². The molecule has 8 heteroatoms. The number of imide groups is 2. The van der Waals surface area contributed by atoms with E-state index in [2.05, 4.69) is 15.9 Å². The quantitative estimate of drug-likeness (QED) is 0.121. The van der Waals surface area contributed by atoms with Gasteiger partial charge in [0.15, 0.2) is 0 Å². The minimum absolute atomic E-state index is 0.114. The SMILES string of the molecule is COc1cc2c3c(ccc4c5c(Br)cc6c7c(ccc(c1c34)c75)C(=O)N(CC(C)C)C6=O)C(=O)N(CC(C)C)C2=O. The van der Waals surface area contributed by atoms with Crippen molar-refractivity contribution in [2.45, 2.75) is 27.7 Å². The highest BCUT2D eigenvalue weighted by Crippen LogP contribution is 2.51. The summed E-state index contributed by atoms with van der Waals surface area (Å²) in [6.07, 6.45) is 0. The van der Waals surface area contributed by atoms with Crippen LogP contribution < -0.4 is 4.74 Å². The van der Waals surface area contributed by atoms with Gasteiger partial charge in [-0.15, -0.1) is 0 Å². The second kappa shape index (κ2) is 8.73. The summed E-state index contributed by atoms with van der Waals surface area (Å²) >= 11 is 3.75. The molecule has 206 valence electrons. The van der Waals surface area contributed by atoms with Gasteiger partial charge in [0.1, 0.15) is 5.75 Å². The van der Waals surface area contributed by atoms with Gasteiger partial charge in [0.2, 0.25) is 0 Å². The van der Waals surface area contributed by atoms with E-state index in [4.69, 9.17) is 4.74 Å². The summed E-state index contributed by atoms with van der Waals surface area (Å²) < 4.78 is 6.60. The molecule has 2 aliphatic heterocycles. The van der Waals surface area contributed by atoms with Crippen LogP contribution >= 0.6 is 15.9 Å². The smallest absolute Gasteiger partial charge is 0.261 e. The van der Waals surface area contributed by atoms with Crippen molar-refractivity contribution in [2.75, 3.05) is 20.2 Å². The molecule has 7 nitrogen and oxygen atoms in total. The largest absolute Gasteiger partial charge is 0.496 e. The maximum absolute atomic E-state index is 13.7. The third-order valence-electron chi connectivity index (χ3n) is 8.24. The van der Waals surface area contributed by atoms with Crippen molar-refractivity contribution in [3.8, 4) is 5.75 Å². The lowest BCUT2D eigenvalue weighted by atomic mass is 9.81. The Hall–Kier alpha value is -4.04. The van der Waals surface area contributed by atoms with E-state index < -0.39 is 0 Å². The van der Waals surface area contributed by atoms with Crippen molar-refractivity contribution < 1.29 is 23.9 Å². The van der Waals surface area contributed by atoms with Crippen molar-refractivity contribution in [3.05, 3.63) is 63.1 Å². The van der Waals surface area contributed by atoms with Crippen LogP contribution in [0.25, 0.3) is 43.1 Å². The van der Waals surface area contributed by atoms with Crippen molar-refractivity contribution in [3.63, 3.8) is 0 Å². The highest BCUT2D eigenvalue weighted by molar-refractivity contribution is 9.10. The predicted octanol–water partition coefficient (Wildman–Crippen LogP) is 7.01. The average molecular weight is 611 g/mol. The molecule has 2 heterocycles. The number of rotatable bonds is 5. The fraction of sp³-hybridized carbons (Fsp3) is 0.273. The molecular formula is C33H27BrN2O5. The van der Waals surface area contributed by atoms with Gasteiger partial charge >= 0.3 is 0 Å². The van der Waals surface area contributed by atoms with Crippen molar-refractivity contribution in [2.24, 2.45) is 11.8 Å². The molecule has 0 saturated heterocycles. The van der Waals surface area contributed by atoms with E-state index in [-0.39, 0.29) is 35.5 Å². The summed E-state index contributed by atoms with van der Waals surface area (Å²) in [5.74, 6) is -0.534. The highest BCUT2D eigenvalue weighted by Gasteiger charge is 2.38. The van der Waals surface area contributed by atoms with Gasteiger partial charge in [0.05, 0.1) is 12.7 Å². The Morgan fingerprint density at radius 1 is 0.610 bits per heavy atom. The second-order valence-electron chi connectivity index (χ2n) is 11.8. The van der Waals surface area contributed by atoms with Gasteiger partial charge in [-0.05, 0) is 46.9 Å². The molecule has 0 aliphatic carbocycles. The summed E-state index contributed by atoms with van der Waals surface area (Å²) in [5, 5.41) is 5.92. The zero-order valence-corrected chi connectivity index (χ0v) is 24.9. The molecule has 5 aromatic rings. The number of carbonyl (C=O) groups is 4. The van der Waals surface area contributed by atoms with Crippen LogP contribution in [0.3, 0.4) is 0 Å². The summed E-state index contributed by atoms with van der Waals surface area (Å²) in [6.45, 7) is 8.55. The lowest BCUT2D eigenvalue weighted by Gasteiger charge is -2.31. The molecule has 0 fully saturated rings. The number of carbonyl (C=O) groups excluding carboxylic acids is 4. The Morgan fingerprint density at radius 3 is 1.54 bits per heavy atom. The Balaban J connectivity index is 1.65. The summed E-state index contributed by atoms with van der Waals surface area (Å²) in [5.41, 5.74) is 1.85. The van der Waals surface area contributed by atoms with Crippen molar-refractivity contribution in [1.82, 2.24) is 9.80 Å². The third kappa shape index (κ3) is 3.31. The average Bonchev–Trinajstić information content (AvgIpc) is 2.94. The lowest BCUT2D eigenvalue weighted by molar-refractivity contribution is 0.0577. The molecule has 0 unspecified atom stereocenters. The molecule has 5 aromatic carbocycles. The van der Waals surface area contributed by atoms with Gasteiger partial charge in [0.25, 0.3) is 23.6 Å². The number of ether oxygens (including phenoxy) is 1. The molecule has 0 atom stereocenters. The van der Waals surface area contributed by atoms with Gasteiger partial charge in [-0.25, -0.2) is 0 Å².